The van der Waals surface area contributed by atoms with Crippen LogP contribution in [0, 0.1) is 0 Å². The van der Waals surface area contributed by atoms with Crippen molar-refractivity contribution in [1.29, 1.82) is 0 Å². The van der Waals surface area contributed by atoms with Crippen LogP contribution in [0.4, 0.5) is 0 Å². The number of aliphatic hydroxyl groups is 1. The molecule has 0 amide bonds. The second-order valence-corrected chi connectivity index (χ2v) is 5.80. The molecule has 0 aromatic heterocycles. The topological polar surface area (TPSA) is 41.5 Å². The van der Waals surface area contributed by atoms with Crippen molar-refractivity contribution in [2.75, 3.05) is 6.54 Å². The van der Waals surface area contributed by atoms with Crippen LogP contribution in [0.2, 0.25) is 0 Å². The summed E-state index contributed by atoms with van der Waals surface area (Å²) in [5.74, 6) is 0.844. The van der Waals surface area contributed by atoms with Gasteiger partial charge in [-0.25, -0.2) is 0 Å². The predicted octanol–water partition coefficient (Wildman–Crippen LogP) is 3.59. The van der Waals surface area contributed by atoms with Crippen LogP contribution < -0.4 is 10.1 Å². The summed E-state index contributed by atoms with van der Waals surface area (Å²) in [7, 11) is 0. The van der Waals surface area contributed by atoms with Gasteiger partial charge in [-0.1, -0.05) is 40.2 Å². The SMILES string of the molecule is Cl.OC1CNCc2c(OCc3ccc(Br)cc3)cccc21. The van der Waals surface area contributed by atoms with Crippen LogP contribution in [0.3, 0.4) is 0 Å². The van der Waals surface area contributed by atoms with E-state index >= 15 is 0 Å². The Morgan fingerprint density at radius 3 is 2.71 bits per heavy atom. The van der Waals surface area contributed by atoms with E-state index in [1.807, 2.05) is 42.5 Å². The van der Waals surface area contributed by atoms with Crippen LogP contribution in [0.5, 0.6) is 5.75 Å². The van der Waals surface area contributed by atoms with Gasteiger partial charge in [-0.3, -0.25) is 0 Å². The third-order valence-corrected chi connectivity index (χ3v) is 4.00. The van der Waals surface area contributed by atoms with Crippen molar-refractivity contribution >= 4 is 28.3 Å². The minimum Gasteiger partial charge on any atom is -0.489 e. The largest absolute Gasteiger partial charge is 0.489 e. The summed E-state index contributed by atoms with van der Waals surface area (Å²) >= 11 is 3.42. The summed E-state index contributed by atoms with van der Waals surface area (Å²) in [5, 5.41) is 13.2. The Hall–Kier alpha value is -1.07. The van der Waals surface area contributed by atoms with E-state index in [4.69, 9.17) is 4.74 Å². The Morgan fingerprint density at radius 1 is 1.19 bits per heavy atom. The van der Waals surface area contributed by atoms with Gasteiger partial charge in [-0.05, 0) is 29.3 Å². The quantitative estimate of drug-likeness (QED) is 0.867. The van der Waals surface area contributed by atoms with Crippen molar-refractivity contribution in [2.24, 2.45) is 0 Å². The lowest BCUT2D eigenvalue weighted by Crippen LogP contribution is -2.28. The first-order chi connectivity index (χ1) is 9.74. The average molecular weight is 371 g/mol. The molecule has 3 rings (SSSR count). The normalized spacial score (nSPS) is 16.8. The van der Waals surface area contributed by atoms with Crippen molar-refractivity contribution in [2.45, 2.75) is 19.3 Å². The smallest absolute Gasteiger partial charge is 0.124 e. The van der Waals surface area contributed by atoms with Crippen molar-refractivity contribution in [3.63, 3.8) is 0 Å². The van der Waals surface area contributed by atoms with Gasteiger partial charge < -0.3 is 15.2 Å². The van der Waals surface area contributed by atoms with E-state index in [0.717, 1.165) is 33.5 Å². The number of halogens is 2. The van der Waals surface area contributed by atoms with Crippen molar-refractivity contribution < 1.29 is 9.84 Å². The lowest BCUT2D eigenvalue weighted by molar-refractivity contribution is 0.163. The summed E-state index contributed by atoms with van der Waals surface area (Å²) in [6.07, 6.45) is -0.449. The van der Waals surface area contributed by atoms with Gasteiger partial charge in [0.2, 0.25) is 0 Å². The van der Waals surface area contributed by atoms with Crippen molar-refractivity contribution in [1.82, 2.24) is 5.32 Å². The predicted molar refractivity (Wildman–Crippen MR) is 88.8 cm³/mol. The second kappa shape index (κ2) is 7.27. The van der Waals surface area contributed by atoms with Gasteiger partial charge >= 0.3 is 0 Å². The maximum atomic E-state index is 9.98. The number of rotatable bonds is 3. The maximum absolute atomic E-state index is 9.98. The first kappa shape index (κ1) is 16.3. The Balaban J connectivity index is 0.00000161. The molecule has 1 heterocycles. The molecule has 1 unspecified atom stereocenters. The van der Waals surface area contributed by atoms with Crippen LogP contribution in [0.1, 0.15) is 22.8 Å². The van der Waals surface area contributed by atoms with Gasteiger partial charge in [0, 0.05) is 23.1 Å². The van der Waals surface area contributed by atoms with Gasteiger partial charge in [0.05, 0.1) is 6.10 Å². The number of ether oxygens (including phenoxy) is 1. The summed E-state index contributed by atoms with van der Waals surface area (Å²) in [4.78, 5) is 0. The summed E-state index contributed by atoms with van der Waals surface area (Å²) in [5.41, 5.74) is 3.15. The molecule has 0 spiro atoms. The molecule has 0 aliphatic carbocycles. The summed E-state index contributed by atoms with van der Waals surface area (Å²) in [6.45, 7) is 1.87. The number of nitrogens with one attached hydrogen (secondary N) is 1. The van der Waals surface area contributed by atoms with Crippen molar-refractivity contribution in [3.8, 4) is 5.75 Å². The zero-order valence-corrected chi connectivity index (χ0v) is 13.8. The van der Waals surface area contributed by atoms with E-state index in [-0.39, 0.29) is 12.4 Å². The van der Waals surface area contributed by atoms with E-state index in [1.54, 1.807) is 0 Å². The van der Waals surface area contributed by atoms with Crippen LogP contribution in [0.15, 0.2) is 46.9 Å². The molecular formula is C16H17BrClNO2. The van der Waals surface area contributed by atoms with Crippen LogP contribution in [-0.4, -0.2) is 11.7 Å². The van der Waals surface area contributed by atoms with Crippen LogP contribution in [-0.2, 0) is 13.2 Å². The minimum absolute atomic E-state index is 0. The molecule has 1 aliphatic rings. The molecular weight excluding hydrogens is 354 g/mol. The van der Waals surface area contributed by atoms with Gasteiger partial charge in [-0.2, -0.15) is 0 Å². The van der Waals surface area contributed by atoms with E-state index in [2.05, 4.69) is 21.2 Å². The highest BCUT2D eigenvalue weighted by atomic mass is 79.9. The Kier molecular flexibility index (Phi) is 5.65. The monoisotopic (exact) mass is 369 g/mol. The van der Waals surface area contributed by atoms with E-state index in [1.165, 1.54) is 0 Å². The zero-order chi connectivity index (χ0) is 13.9. The van der Waals surface area contributed by atoms with Crippen molar-refractivity contribution in [3.05, 3.63) is 63.6 Å². The molecule has 112 valence electrons. The number of aliphatic hydroxyl groups excluding tert-OH is 1. The minimum atomic E-state index is -0.449. The Labute approximate surface area is 138 Å². The lowest BCUT2D eigenvalue weighted by Gasteiger charge is -2.24. The molecule has 2 aromatic rings. The number of hydrogen-bond donors (Lipinski definition) is 2. The molecule has 3 nitrogen and oxygen atoms in total. The van der Waals surface area contributed by atoms with Gasteiger partial charge in [0.15, 0.2) is 0 Å². The number of β-amino-alcohol motifs (C(OH)–C–C–N with tert-alkyl or cyclic N) is 1. The summed E-state index contributed by atoms with van der Waals surface area (Å²) in [6, 6.07) is 13.9. The van der Waals surface area contributed by atoms with Crippen LogP contribution >= 0.6 is 28.3 Å². The first-order valence-corrected chi connectivity index (χ1v) is 7.41. The van der Waals surface area contributed by atoms with E-state index in [9.17, 15) is 5.11 Å². The molecule has 0 bridgehead atoms. The second-order valence-electron chi connectivity index (χ2n) is 4.89. The third-order valence-electron chi connectivity index (χ3n) is 3.48. The zero-order valence-electron chi connectivity index (χ0n) is 11.4. The fourth-order valence-corrected chi connectivity index (χ4v) is 2.67. The molecule has 0 radical (unpaired) electrons. The molecule has 5 heteroatoms. The van der Waals surface area contributed by atoms with E-state index < -0.39 is 6.10 Å². The highest BCUT2D eigenvalue weighted by Gasteiger charge is 2.20. The van der Waals surface area contributed by atoms with E-state index in [0.29, 0.717) is 13.2 Å². The lowest BCUT2D eigenvalue weighted by atomic mass is 9.98. The standard InChI is InChI=1S/C16H16BrNO2.ClH/c17-12-6-4-11(5-7-12)10-20-16-3-1-2-13-14(16)8-18-9-15(13)19;/h1-7,15,18-19H,8-10H2;1H. The fourth-order valence-electron chi connectivity index (χ4n) is 2.40. The van der Waals surface area contributed by atoms with Gasteiger partial charge in [0.25, 0.3) is 0 Å². The molecule has 0 fully saturated rings. The molecule has 1 aliphatic heterocycles. The van der Waals surface area contributed by atoms with Crippen LogP contribution in [0.25, 0.3) is 0 Å². The molecule has 2 N–H and O–H groups in total. The highest BCUT2D eigenvalue weighted by Crippen LogP contribution is 2.30. The average Bonchev–Trinajstić information content (AvgIpc) is 2.47. The molecule has 21 heavy (non-hydrogen) atoms. The highest BCUT2D eigenvalue weighted by molar-refractivity contribution is 9.10. The van der Waals surface area contributed by atoms with Gasteiger partial charge in [0.1, 0.15) is 12.4 Å². The number of hydrogen-bond acceptors (Lipinski definition) is 3. The number of benzene rings is 2. The fraction of sp³-hybridized carbons (Fsp3) is 0.250. The molecule has 0 saturated heterocycles. The maximum Gasteiger partial charge on any atom is 0.124 e. The Morgan fingerprint density at radius 2 is 1.95 bits per heavy atom. The first-order valence-electron chi connectivity index (χ1n) is 6.62. The molecule has 0 saturated carbocycles. The number of fused-ring (bicyclic) bond motifs is 1. The molecule has 1 atom stereocenters. The van der Waals surface area contributed by atoms with Gasteiger partial charge in [-0.15, -0.1) is 12.4 Å². The Bertz CT molecular complexity index is 604. The third kappa shape index (κ3) is 3.77. The molecule has 2 aromatic carbocycles. The summed E-state index contributed by atoms with van der Waals surface area (Å²) < 4.78 is 6.97.